The molecule has 1 aliphatic rings. The maximum atomic E-state index is 11.3. The number of rotatable bonds is 4. The predicted octanol–water partition coefficient (Wildman–Crippen LogP) is 3.46. The first kappa shape index (κ1) is 13.8. The number of carboxylic acid groups (broad SMARTS) is 1. The zero-order valence-corrected chi connectivity index (χ0v) is 12.4. The van der Waals surface area contributed by atoms with Crippen LogP contribution in [0.5, 0.6) is 17.2 Å². The molecule has 0 saturated heterocycles. The number of aromatic carboxylic acids is 1. The predicted molar refractivity (Wildman–Crippen MR) is 78.0 cm³/mol. The largest absolute Gasteiger partial charge is 0.488 e. The maximum Gasteiger partial charge on any atom is 0.339 e. The second-order valence-electron chi connectivity index (χ2n) is 4.42. The zero-order valence-electron chi connectivity index (χ0n) is 10.8. The molecule has 0 bridgehead atoms. The maximum absolute atomic E-state index is 11.3. The van der Waals surface area contributed by atoms with Gasteiger partial charge in [0.05, 0.1) is 0 Å². The Morgan fingerprint density at radius 1 is 1.19 bits per heavy atom. The van der Waals surface area contributed by atoms with Gasteiger partial charge in [-0.25, -0.2) is 4.79 Å². The monoisotopic (exact) mass is 350 g/mol. The van der Waals surface area contributed by atoms with Crippen LogP contribution in [0.4, 0.5) is 0 Å². The van der Waals surface area contributed by atoms with Gasteiger partial charge in [-0.15, -0.1) is 0 Å². The molecule has 5 nitrogen and oxygen atoms in total. The van der Waals surface area contributed by atoms with E-state index < -0.39 is 5.97 Å². The number of carbonyl (C=O) groups is 1. The Balaban J connectivity index is 1.84. The first-order valence-electron chi connectivity index (χ1n) is 6.17. The summed E-state index contributed by atoms with van der Waals surface area (Å²) in [7, 11) is 0. The summed E-state index contributed by atoms with van der Waals surface area (Å²) in [5.74, 6) is 0.1000. The smallest absolute Gasteiger partial charge is 0.339 e. The molecule has 0 unspecified atom stereocenters. The Labute approximate surface area is 129 Å². The third kappa shape index (κ3) is 2.95. The van der Waals surface area contributed by atoms with E-state index in [-0.39, 0.29) is 24.7 Å². The van der Waals surface area contributed by atoms with Crippen molar-refractivity contribution in [2.75, 3.05) is 6.79 Å². The average Bonchev–Trinajstić information content (AvgIpc) is 2.92. The highest BCUT2D eigenvalue weighted by atomic mass is 79.9. The average molecular weight is 351 g/mol. The van der Waals surface area contributed by atoms with Crippen molar-refractivity contribution in [3.8, 4) is 17.2 Å². The Bertz CT molecular complexity index is 681. The molecule has 0 atom stereocenters. The second kappa shape index (κ2) is 5.65. The highest BCUT2D eigenvalue weighted by molar-refractivity contribution is 9.10. The third-order valence-corrected chi connectivity index (χ3v) is 3.54. The fourth-order valence-electron chi connectivity index (χ4n) is 1.95. The summed E-state index contributed by atoms with van der Waals surface area (Å²) >= 11 is 3.36. The van der Waals surface area contributed by atoms with Crippen molar-refractivity contribution in [3.63, 3.8) is 0 Å². The lowest BCUT2D eigenvalue weighted by molar-refractivity contribution is 0.0691. The first-order valence-corrected chi connectivity index (χ1v) is 6.97. The van der Waals surface area contributed by atoms with Gasteiger partial charge in [-0.1, -0.05) is 28.1 Å². The Morgan fingerprint density at radius 2 is 1.86 bits per heavy atom. The van der Waals surface area contributed by atoms with Gasteiger partial charge in [-0.05, 0) is 17.7 Å². The Morgan fingerprint density at radius 3 is 2.52 bits per heavy atom. The molecule has 1 heterocycles. The molecule has 2 aromatic carbocycles. The van der Waals surface area contributed by atoms with E-state index in [2.05, 4.69) is 15.9 Å². The van der Waals surface area contributed by atoms with Crippen molar-refractivity contribution in [2.45, 2.75) is 6.61 Å². The minimum Gasteiger partial charge on any atom is -0.488 e. The van der Waals surface area contributed by atoms with Crippen LogP contribution >= 0.6 is 15.9 Å². The zero-order chi connectivity index (χ0) is 14.8. The van der Waals surface area contributed by atoms with E-state index in [1.807, 2.05) is 24.3 Å². The molecule has 0 fully saturated rings. The van der Waals surface area contributed by atoms with E-state index in [4.69, 9.17) is 14.2 Å². The Kier molecular flexibility index (Phi) is 3.70. The van der Waals surface area contributed by atoms with Crippen LogP contribution in [0.3, 0.4) is 0 Å². The highest BCUT2D eigenvalue weighted by Gasteiger charge is 2.21. The van der Waals surface area contributed by atoms with Crippen LogP contribution in [0.1, 0.15) is 15.9 Å². The normalized spacial score (nSPS) is 12.2. The molecule has 0 aromatic heterocycles. The van der Waals surface area contributed by atoms with Crippen molar-refractivity contribution >= 4 is 21.9 Å². The summed E-state index contributed by atoms with van der Waals surface area (Å²) in [4.78, 5) is 11.3. The quantitative estimate of drug-likeness (QED) is 0.914. The van der Waals surface area contributed by atoms with Crippen LogP contribution in [0.25, 0.3) is 0 Å². The number of carboxylic acids is 1. The molecule has 108 valence electrons. The lowest BCUT2D eigenvalue weighted by Gasteiger charge is -2.10. The lowest BCUT2D eigenvalue weighted by atomic mass is 10.1. The van der Waals surface area contributed by atoms with Gasteiger partial charge in [0.25, 0.3) is 0 Å². The summed E-state index contributed by atoms with van der Waals surface area (Å²) < 4.78 is 17.0. The molecule has 21 heavy (non-hydrogen) atoms. The molecule has 3 rings (SSSR count). The highest BCUT2D eigenvalue weighted by Crippen LogP contribution is 2.38. The minimum atomic E-state index is -1.07. The lowest BCUT2D eigenvalue weighted by Crippen LogP contribution is -2.03. The van der Waals surface area contributed by atoms with Crippen LogP contribution in [0.2, 0.25) is 0 Å². The first-order chi connectivity index (χ1) is 10.1. The van der Waals surface area contributed by atoms with Gasteiger partial charge in [-0.3, -0.25) is 0 Å². The molecule has 0 amide bonds. The number of halogens is 1. The van der Waals surface area contributed by atoms with E-state index in [0.29, 0.717) is 11.5 Å². The number of hydrogen-bond donors (Lipinski definition) is 1. The van der Waals surface area contributed by atoms with E-state index in [9.17, 15) is 9.90 Å². The SMILES string of the molecule is O=C(O)c1cc2c(cc1OCc1ccc(Br)cc1)OCO2. The van der Waals surface area contributed by atoms with E-state index >= 15 is 0 Å². The van der Waals surface area contributed by atoms with Gasteiger partial charge in [0.1, 0.15) is 17.9 Å². The summed E-state index contributed by atoms with van der Waals surface area (Å²) in [6.45, 7) is 0.359. The van der Waals surface area contributed by atoms with Crippen LogP contribution < -0.4 is 14.2 Å². The fourth-order valence-corrected chi connectivity index (χ4v) is 2.22. The summed E-state index contributed by atoms with van der Waals surface area (Å²) in [6.07, 6.45) is 0. The van der Waals surface area contributed by atoms with Gasteiger partial charge in [0.2, 0.25) is 6.79 Å². The van der Waals surface area contributed by atoms with Gasteiger partial charge < -0.3 is 19.3 Å². The van der Waals surface area contributed by atoms with E-state index in [1.165, 1.54) is 6.07 Å². The number of hydrogen-bond acceptors (Lipinski definition) is 4. The van der Waals surface area contributed by atoms with Crippen LogP contribution in [0, 0.1) is 0 Å². The Hall–Kier alpha value is -2.21. The van der Waals surface area contributed by atoms with Gasteiger partial charge in [-0.2, -0.15) is 0 Å². The van der Waals surface area contributed by atoms with Crippen molar-refractivity contribution in [2.24, 2.45) is 0 Å². The molecule has 1 aliphatic heterocycles. The van der Waals surface area contributed by atoms with Crippen LogP contribution in [-0.4, -0.2) is 17.9 Å². The number of benzene rings is 2. The molecule has 2 aromatic rings. The topological polar surface area (TPSA) is 65.0 Å². The number of fused-ring (bicyclic) bond motifs is 1. The second-order valence-corrected chi connectivity index (χ2v) is 5.34. The van der Waals surface area contributed by atoms with Crippen LogP contribution in [-0.2, 0) is 6.61 Å². The molecular formula is C15H11BrO5. The number of ether oxygens (including phenoxy) is 3. The third-order valence-electron chi connectivity index (χ3n) is 3.01. The molecule has 0 aliphatic carbocycles. The van der Waals surface area contributed by atoms with Crippen molar-refractivity contribution in [3.05, 3.63) is 52.0 Å². The standard InChI is InChI=1S/C15H11BrO5/c16-10-3-1-9(2-4-10)7-19-12-6-14-13(20-8-21-14)5-11(12)15(17)18/h1-6H,7-8H2,(H,17,18). The minimum absolute atomic E-state index is 0.0522. The molecule has 6 heteroatoms. The van der Waals surface area contributed by atoms with Gasteiger partial charge in [0, 0.05) is 16.6 Å². The van der Waals surface area contributed by atoms with Gasteiger partial charge >= 0.3 is 5.97 Å². The van der Waals surface area contributed by atoms with E-state index in [0.717, 1.165) is 10.0 Å². The molecule has 0 spiro atoms. The van der Waals surface area contributed by atoms with Crippen molar-refractivity contribution < 1.29 is 24.1 Å². The fraction of sp³-hybridized carbons (Fsp3) is 0.133. The van der Waals surface area contributed by atoms with E-state index in [1.54, 1.807) is 6.07 Å². The molecular weight excluding hydrogens is 340 g/mol. The molecule has 1 N–H and O–H groups in total. The summed E-state index contributed by atoms with van der Waals surface area (Å²) in [5.41, 5.74) is 0.989. The van der Waals surface area contributed by atoms with Crippen molar-refractivity contribution in [1.82, 2.24) is 0 Å². The summed E-state index contributed by atoms with van der Waals surface area (Å²) in [5, 5.41) is 9.25. The molecule has 0 radical (unpaired) electrons. The molecule has 0 saturated carbocycles. The summed E-state index contributed by atoms with van der Waals surface area (Å²) in [6, 6.07) is 10.6. The van der Waals surface area contributed by atoms with Crippen molar-refractivity contribution in [1.29, 1.82) is 0 Å². The van der Waals surface area contributed by atoms with Crippen LogP contribution in [0.15, 0.2) is 40.9 Å². The van der Waals surface area contributed by atoms with Gasteiger partial charge in [0.15, 0.2) is 11.5 Å².